The number of carbonyl (C=O) groups excluding carboxylic acids is 1. The van der Waals surface area contributed by atoms with Gasteiger partial charge < -0.3 is 10.1 Å². The number of sulfonamides is 1. The molecule has 1 saturated heterocycles. The standard InChI is InChI=1S/C15H22N2O4S/c1-11-4-5-13(10-14(11)15(18)21-3)22(19,20)17(2)12-6-8-16-9-7-12/h4-5,10,12,16H,6-9H2,1-3H3. The second kappa shape index (κ2) is 6.76. The molecule has 0 spiro atoms. The Kier molecular flexibility index (Phi) is 5.20. The van der Waals surface area contributed by atoms with E-state index in [1.54, 1.807) is 20.0 Å². The van der Waals surface area contributed by atoms with Crippen LogP contribution in [0.1, 0.15) is 28.8 Å². The highest BCUT2D eigenvalue weighted by Gasteiger charge is 2.29. The highest BCUT2D eigenvalue weighted by Crippen LogP contribution is 2.23. The van der Waals surface area contributed by atoms with Crippen LogP contribution in [0.4, 0.5) is 0 Å². The maximum absolute atomic E-state index is 12.8. The lowest BCUT2D eigenvalue weighted by Gasteiger charge is -2.31. The molecular formula is C15H22N2O4S. The molecule has 1 aliphatic rings. The van der Waals surface area contributed by atoms with Gasteiger partial charge in [-0.25, -0.2) is 13.2 Å². The molecule has 1 aromatic carbocycles. The summed E-state index contributed by atoms with van der Waals surface area (Å²) in [5.41, 5.74) is 0.970. The van der Waals surface area contributed by atoms with Crippen molar-refractivity contribution in [3.63, 3.8) is 0 Å². The Labute approximate surface area is 131 Å². The number of esters is 1. The number of hydrogen-bond donors (Lipinski definition) is 1. The van der Waals surface area contributed by atoms with Crippen LogP contribution >= 0.6 is 0 Å². The zero-order valence-corrected chi connectivity index (χ0v) is 13.9. The molecule has 0 saturated carbocycles. The number of benzene rings is 1. The molecule has 1 N–H and O–H groups in total. The topological polar surface area (TPSA) is 75.7 Å². The summed E-state index contributed by atoms with van der Waals surface area (Å²) in [6.07, 6.45) is 1.57. The second-order valence-electron chi connectivity index (χ2n) is 5.47. The third kappa shape index (κ3) is 3.31. The molecule has 0 radical (unpaired) electrons. The Morgan fingerprint density at radius 2 is 1.95 bits per heavy atom. The van der Waals surface area contributed by atoms with Crippen molar-refractivity contribution in [2.75, 3.05) is 27.2 Å². The van der Waals surface area contributed by atoms with Crippen molar-refractivity contribution in [2.45, 2.75) is 30.7 Å². The van der Waals surface area contributed by atoms with Crippen LogP contribution in [0.3, 0.4) is 0 Å². The summed E-state index contributed by atoms with van der Waals surface area (Å²) in [4.78, 5) is 11.9. The van der Waals surface area contributed by atoms with Crippen molar-refractivity contribution < 1.29 is 17.9 Å². The van der Waals surface area contributed by atoms with E-state index in [1.165, 1.54) is 23.5 Å². The van der Waals surface area contributed by atoms with E-state index in [-0.39, 0.29) is 16.5 Å². The van der Waals surface area contributed by atoms with Crippen molar-refractivity contribution >= 4 is 16.0 Å². The van der Waals surface area contributed by atoms with E-state index in [4.69, 9.17) is 4.74 Å². The van der Waals surface area contributed by atoms with Crippen molar-refractivity contribution in [3.05, 3.63) is 29.3 Å². The van der Waals surface area contributed by atoms with E-state index in [9.17, 15) is 13.2 Å². The molecule has 0 unspecified atom stereocenters. The molecule has 22 heavy (non-hydrogen) atoms. The van der Waals surface area contributed by atoms with Gasteiger partial charge in [-0.3, -0.25) is 0 Å². The third-order valence-corrected chi connectivity index (χ3v) is 6.02. The van der Waals surface area contributed by atoms with Crippen LogP contribution in [0.25, 0.3) is 0 Å². The largest absolute Gasteiger partial charge is 0.465 e. The van der Waals surface area contributed by atoms with Gasteiger partial charge in [0, 0.05) is 13.1 Å². The summed E-state index contributed by atoms with van der Waals surface area (Å²) in [6.45, 7) is 3.37. The smallest absolute Gasteiger partial charge is 0.338 e. The van der Waals surface area contributed by atoms with E-state index in [0.717, 1.165) is 25.9 Å². The fourth-order valence-electron chi connectivity index (χ4n) is 2.62. The Morgan fingerprint density at radius 1 is 1.32 bits per heavy atom. The summed E-state index contributed by atoms with van der Waals surface area (Å²) >= 11 is 0. The highest BCUT2D eigenvalue weighted by atomic mass is 32.2. The number of methoxy groups -OCH3 is 1. The number of piperidine rings is 1. The molecule has 0 aliphatic carbocycles. The minimum atomic E-state index is -3.62. The van der Waals surface area contributed by atoms with Crippen molar-refractivity contribution in [2.24, 2.45) is 0 Å². The van der Waals surface area contributed by atoms with E-state index in [0.29, 0.717) is 5.56 Å². The highest BCUT2D eigenvalue weighted by molar-refractivity contribution is 7.89. The van der Waals surface area contributed by atoms with Gasteiger partial charge in [-0.2, -0.15) is 4.31 Å². The van der Waals surface area contributed by atoms with Gasteiger partial charge in [-0.05, 0) is 50.6 Å². The number of ether oxygens (including phenoxy) is 1. The van der Waals surface area contributed by atoms with Gasteiger partial charge in [0.1, 0.15) is 0 Å². The van der Waals surface area contributed by atoms with Crippen molar-refractivity contribution in [1.82, 2.24) is 9.62 Å². The molecule has 1 heterocycles. The molecule has 0 aromatic heterocycles. The molecule has 0 atom stereocenters. The third-order valence-electron chi connectivity index (χ3n) is 4.11. The lowest BCUT2D eigenvalue weighted by atomic mass is 10.1. The molecule has 2 rings (SSSR count). The molecular weight excluding hydrogens is 304 g/mol. The average Bonchev–Trinajstić information content (AvgIpc) is 2.54. The summed E-state index contributed by atoms with van der Waals surface area (Å²) in [6, 6.07) is 4.55. The van der Waals surface area contributed by atoms with Crippen LogP contribution in [0, 0.1) is 6.92 Å². The van der Waals surface area contributed by atoms with Crippen LogP contribution in [0.2, 0.25) is 0 Å². The maximum atomic E-state index is 12.8. The lowest BCUT2D eigenvalue weighted by molar-refractivity contribution is 0.0599. The zero-order chi connectivity index (χ0) is 16.3. The van der Waals surface area contributed by atoms with Gasteiger partial charge >= 0.3 is 5.97 Å². The second-order valence-corrected chi connectivity index (χ2v) is 7.47. The number of nitrogens with one attached hydrogen (secondary N) is 1. The summed E-state index contributed by atoms with van der Waals surface area (Å²) in [5.74, 6) is -0.529. The van der Waals surface area contributed by atoms with Crippen LogP contribution in [-0.2, 0) is 14.8 Å². The van der Waals surface area contributed by atoms with Gasteiger partial charge in [0.05, 0.1) is 17.6 Å². The number of aryl methyl sites for hydroxylation is 1. The minimum absolute atomic E-state index is 0.0193. The maximum Gasteiger partial charge on any atom is 0.338 e. The van der Waals surface area contributed by atoms with Gasteiger partial charge in [0.15, 0.2) is 0 Å². The monoisotopic (exact) mass is 326 g/mol. The predicted octanol–water partition coefficient (Wildman–Crippen LogP) is 1.15. The molecule has 6 nitrogen and oxygen atoms in total. The van der Waals surface area contributed by atoms with Gasteiger partial charge in [-0.1, -0.05) is 6.07 Å². The van der Waals surface area contributed by atoms with Crippen LogP contribution in [-0.4, -0.2) is 52.0 Å². The molecule has 7 heteroatoms. The fraction of sp³-hybridized carbons (Fsp3) is 0.533. The minimum Gasteiger partial charge on any atom is -0.465 e. The first-order valence-corrected chi connectivity index (χ1v) is 8.69. The van der Waals surface area contributed by atoms with Crippen molar-refractivity contribution in [1.29, 1.82) is 0 Å². The van der Waals surface area contributed by atoms with Crippen molar-refractivity contribution in [3.8, 4) is 0 Å². The van der Waals surface area contributed by atoms with Gasteiger partial charge in [0.25, 0.3) is 0 Å². The lowest BCUT2D eigenvalue weighted by Crippen LogP contribution is -2.43. The predicted molar refractivity (Wildman–Crippen MR) is 83.4 cm³/mol. The summed E-state index contributed by atoms with van der Waals surface area (Å²) in [5, 5.41) is 3.22. The number of nitrogens with zero attached hydrogens (tertiary/aromatic N) is 1. The first-order chi connectivity index (χ1) is 10.4. The number of carbonyl (C=O) groups is 1. The summed E-state index contributed by atoms with van der Waals surface area (Å²) in [7, 11) is -0.740. The molecule has 122 valence electrons. The Hall–Kier alpha value is -1.44. The number of hydrogen-bond acceptors (Lipinski definition) is 5. The van der Waals surface area contributed by atoms with Gasteiger partial charge in [-0.15, -0.1) is 0 Å². The average molecular weight is 326 g/mol. The number of rotatable bonds is 4. The first-order valence-electron chi connectivity index (χ1n) is 7.25. The van der Waals surface area contributed by atoms with Crippen LogP contribution < -0.4 is 5.32 Å². The van der Waals surface area contributed by atoms with E-state index in [2.05, 4.69) is 5.32 Å². The van der Waals surface area contributed by atoms with Crippen LogP contribution in [0.5, 0.6) is 0 Å². The van der Waals surface area contributed by atoms with Crippen LogP contribution in [0.15, 0.2) is 23.1 Å². The molecule has 1 aliphatic heterocycles. The zero-order valence-electron chi connectivity index (χ0n) is 13.1. The SMILES string of the molecule is COC(=O)c1cc(S(=O)(=O)N(C)C2CCNCC2)ccc1C. The molecule has 1 aromatic rings. The van der Waals surface area contributed by atoms with Gasteiger partial charge in [0.2, 0.25) is 10.0 Å². The Morgan fingerprint density at radius 3 is 2.55 bits per heavy atom. The Bertz CT molecular complexity index is 652. The molecule has 0 amide bonds. The Balaban J connectivity index is 2.34. The van der Waals surface area contributed by atoms with E-state index < -0.39 is 16.0 Å². The normalized spacial score (nSPS) is 16.7. The summed E-state index contributed by atoms with van der Waals surface area (Å²) < 4.78 is 31.6. The van der Waals surface area contributed by atoms with E-state index in [1.807, 2.05) is 0 Å². The fourth-order valence-corrected chi connectivity index (χ4v) is 4.07. The quantitative estimate of drug-likeness (QED) is 0.840. The van der Waals surface area contributed by atoms with E-state index >= 15 is 0 Å². The molecule has 0 bridgehead atoms. The first kappa shape index (κ1) is 16.9. The molecule has 1 fully saturated rings.